The molecule has 0 atom stereocenters. The Morgan fingerprint density at radius 1 is 1.28 bits per heavy atom. The average molecular weight is 251 g/mol. The van der Waals surface area contributed by atoms with Crippen LogP contribution in [-0.2, 0) is 14.9 Å². The second kappa shape index (κ2) is 6.40. The number of carbonyl (C=O) groups is 1. The van der Waals surface area contributed by atoms with Gasteiger partial charge in [0.2, 0.25) is 5.91 Å². The van der Waals surface area contributed by atoms with Crippen molar-refractivity contribution >= 4 is 5.91 Å². The molecule has 0 spiro atoms. The van der Waals surface area contributed by atoms with E-state index in [4.69, 9.17) is 9.47 Å². The van der Waals surface area contributed by atoms with Crippen LogP contribution >= 0.6 is 0 Å². The van der Waals surface area contributed by atoms with Gasteiger partial charge in [0.25, 0.3) is 0 Å². The van der Waals surface area contributed by atoms with Crippen molar-refractivity contribution in [3.05, 3.63) is 29.8 Å². The maximum atomic E-state index is 12.2. The molecule has 0 aliphatic carbocycles. The minimum Gasteiger partial charge on any atom is -0.496 e. The molecule has 0 heterocycles. The largest absolute Gasteiger partial charge is 0.496 e. The Labute approximate surface area is 108 Å². The quantitative estimate of drug-likeness (QED) is 0.783. The SMILES string of the molecule is COCCNC(=O)C(C)(C)c1ccccc1OC. The van der Waals surface area contributed by atoms with Gasteiger partial charge in [-0.2, -0.15) is 0 Å². The van der Waals surface area contributed by atoms with Gasteiger partial charge >= 0.3 is 0 Å². The molecule has 1 rings (SSSR count). The van der Waals surface area contributed by atoms with E-state index in [1.807, 2.05) is 38.1 Å². The lowest BCUT2D eigenvalue weighted by Gasteiger charge is -2.25. The molecule has 0 radical (unpaired) electrons. The lowest BCUT2D eigenvalue weighted by Crippen LogP contribution is -2.41. The van der Waals surface area contributed by atoms with Crippen LogP contribution in [0.4, 0.5) is 0 Å². The van der Waals surface area contributed by atoms with E-state index in [0.717, 1.165) is 11.3 Å². The summed E-state index contributed by atoms with van der Waals surface area (Å²) in [5, 5.41) is 2.85. The molecule has 1 amide bonds. The fourth-order valence-electron chi connectivity index (χ4n) is 1.77. The fraction of sp³-hybridized carbons (Fsp3) is 0.500. The second-order valence-corrected chi connectivity index (χ2v) is 4.57. The number of amides is 1. The summed E-state index contributed by atoms with van der Waals surface area (Å²) in [4.78, 5) is 12.2. The minimum absolute atomic E-state index is 0.0379. The molecule has 0 aliphatic heterocycles. The van der Waals surface area contributed by atoms with Gasteiger partial charge in [0.05, 0.1) is 19.1 Å². The minimum atomic E-state index is -0.639. The Balaban J connectivity index is 2.87. The van der Waals surface area contributed by atoms with Crippen molar-refractivity contribution in [2.75, 3.05) is 27.4 Å². The molecular formula is C14H21NO3. The van der Waals surface area contributed by atoms with Crippen molar-refractivity contribution < 1.29 is 14.3 Å². The standard InChI is InChI=1S/C14H21NO3/c1-14(2,13(16)15-9-10-17-3)11-7-5-6-8-12(11)18-4/h5-8H,9-10H2,1-4H3,(H,15,16). The van der Waals surface area contributed by atoms with Gasteiger partial charge in [-0.1, -0.05) is 18.2 Å². The third kappa shape index (κ3) is 3.23. The Kier molecular flexibility index (Phi) is 5.16. The highest BCUT2D eigenvalue weighted by atomic mass is 16.5. The van der Waals surface area contributed by atoms with Crippen molar-refractivity contribution in [3.63, 3.8) is 0 Å². The van der Waals surface area contributed by atoms with Gasteiger partial charge in [0.15, 0.2) is 0 Å². The lowest BCUT2D eigenvalue weighted by atomic mass is 9.83. The first-order chi connectivity index (χ1) is 8.54. The maximum absolute atomic E-state index is 12.2. The number of carbonyl (C=O) groups excluding carboxylic acids is 1. The summed E-state index contributed by atoms with van der Waals surface area (Å²) < 4.78 is 10.2. The second-order valence-electron chi connectivity index (χ2n) is 4.57. The average Bonchev–Trinajstić information content (AvgIpc) is 2.38. The maximum Gasteiger partial charge on any atom is 0.230 e. The van der Waals surface area contributed by atoms with Gasteiger partial charge < -0.3 is 14.8 Å². The summed E-state index contributed by atoms with van der Waals surface area (Å²) in [6.07, 6.45) is 0. The summed E-state index contributed by atoms with van der Waals surface area (Å²) in [5.74, 6) is 0.688. The Morgan fingerprint density at radius 2 is 1.94 bits per heavy atom. The van der Waals surface area contributed by atoms with Crippen LogP contribution in [0, 0.1) is 0 Å². The Bertz CT molecular complexity index is 402. The van der Waals surface area contributed by atoms with Gasteiger partial charge in [0.1, 0.15) is 5.75 Å². The highest BCUT2D eigenvalue weighted by Crippen LogP contribution is 2.31. The van der Waals surface area contributed by atoms with Crippen LogP contribution < -0.4 is 10.1 Å². The molecule has 0 saturated heterocycles. The van der Waals surface area contributed by atoms with E-state index in [1.165, 1.54) is 0 Å². The molecule has 0 bridgehead atoms. The number of rotatable bonds is 6. The van der Waals surface area contributed by atoms with Crippen LogP contribution in [0.15, 0.2) is 24.3 Å². The Morgan fingerprint density at radius 3 is 2.56 bits per heavy atom. The number of nitrogens with one attached hydrogen (secondary N) is 1. The van der Waals surface area contributed by atoms with Crippen LogP contribution in [-0.4, -0.2) is 33.3 Å². The smallest absolute Gasteiger partial charge is 0.230 e. The summed E-state index contributed by atoms with van der Waals surface area (Å²) in [6.45, 7) is 4.78. The zero-order valence-electron chi connectivity index (χ0n) is 11.4. The molecule has 0 aromatic heterocycles. The molecule has 0 aliphatic rings. The molecular weight excluding hydrogens is 230 g/mol. The van der Waals surface area contributed by atoms with Gasteiger partial charge in [-0.15, -0.1) is 0 Å². The molecule has 1 aromatic rings. The monoisotopic (exact) mass is 251 g/mol. The number of para-hydroxylation sites is 1. The third-order valence-electron chi connectivity index (χ3n) is 2.94. The third-order valence-corrected chi connectivity index (χ3v) is 2.94. The Hall–Kier alpha value is -1.55. The lowest BCUT2D eigenvalue weighted by molar-refractivity contribution is -0.125. The molecule has 1 N–H and O–H groups in total. The van der Waals surface area contributed by atoms with Gasteiger partial charge in [-0.05, 0) is 19.9 Å². The van der Waals surface area contributed by atoms with Gasteiger partial charge in [-0.25, -0.2) is 0 Å². The van der Waals surface area contributed by atoms with E-state index in [0.29, 0.717) is 13.2 Å². The normalized spacial score (nSPS) is 11.1. The predicted octanol–water partition coefficient (Wildman–Crippen LogP) is 1.74. The number of ether oxygens (including phenoxy) is 2. The van der Waals surface area contributed by atoms with Crippen molar-refractivity contribution in [1.29, 1.82) is 0 Å². The van der Waals surface area contributed by atoms with E-state index in [-0.39, 0.29) is 5.91 Å². The van der Waals surface area contributed by atoms with Crippen molar-refractivity contribution in [1.82, 2.24) is 5.32 Å². The van der Waals surface area contributed by atoms with Crippen LogP contribution in [0.2, 0.25) is 0 Å². The molecule has 0 unspecified atom stereocenters. The first-order valence-corrected chi connectivity index (χ1v) is 5.94. The summed E-state index contributed by atoms with van der Waals surface area (Å²) in [6, 6.07) is 7.57. The molecule has 1 aromatic carbocycles. The predicted molar refractivity (Wildman–Crippen MR) is 70.9 cm³/mol. The first-order valence-electron chi connectivity index (χ1n) is 5.94. The number of hydrogen-bond acceptors (Lipinski definition) is 3. The zero-order valence-corrected chi connectivity index (χ0v) is 11.4. The number of benzene rings is 1. The zero-order chi connectivity index (χ0) is 13.6. The topological polar surface area (TPSA) is 47.6 Å². The number of methoxy groups -OCH3 is 2. The van der Waals surface area contributed by atoms with E-state index < -0.39 is 5.41 Å². The molecule has 0 fully saturated rings. The van der Waals surface area contributed by atoms with Crippen LogP contribution in [0.25, 0.3) is 0 Å². The molecule has 4 heteroatoms. The molecule has 0 saturated carbocycles. The van der Waals surface area contributed by atoms with Crippen molar-refractivity contribution in [2.24, 2.45) is 0 Å². The highest BCUT2D eigenvalue weighted by molar-refractivity contribution is 5.88. The van der Waals surface area contributed by atoms with E-state index >= 15 is 0 Å². The van der Waals surface area contributed by atoms with Crippen LogP contribution in [0.5, 0.6) is 5.75 Å². The first kappa shape index (κ1) is 14.5. The highest BCUT2D eigenvalue weighted by Gasteiger charge is 2.32. The fourth-order valence-corrected chi connectivity index (χ4v) is 1.77. The summed E-state index contributed by atoms with van der Waals surface area (Å²) in [7, 11) is 3.22. The van der Waals surface area contributed by atoms with Gasteiger partial charge in [-0.3, -0.25) is 4.79 Å². The summed E-state index contributed by atoms with van der Waals surface area (Å²) in [5.41, 5.74) is 0.239. The molecule has 4 nitrogen and oxygen atoms in total. The summed E-state index contributed by atoms with van der Waals surface area (Å²) >= 11 is 0. The van der Waals surface area contributed by atoms with Crippen LogP contribution in [0.1, 0.15) is 19.4 Å². The molecule has 100 valence electrons. The van der Waals surface area contributed by atoms with Crippen LogP contribution in [0.3, 0.4) is 0 Å². The van der Waals surface area contributed by atoms with E-state index in [9.17, 15) is 4.79 Å². The molecule has 18 heavy (non-hydrogen) atoms. The van der Waals surface area contributed by atoms with E-state index in [2.05, 4.69) is 5.32 Å². The van der Waals surface area contributed by atoms with Crippen molar-refractivity contribution in [3.8, 4) is 5.75 Å². The number of hydrogen-bond donors (Lipinski definition) is 1. The van der Waals surface area contributed by atoms with Gasteiger partial charge in [0, 0.05) is 19.2 Å². The van der Waals surface area contributed by atoms with E-state index in [1.54, 1.807) is 14.2 Å². The van der Waals surface area contributed by atoms with Crippen molar-refractivity contribution in [2.45, 2.75) is 19.3 Å².